The van der Waals surface area contributed by atoms with E-state index in [4.69, 9.17) is 4.74 Å². The molecule has 1 aliphatic rings. The summed E-state index contributed by atoms with van der Waals surface area (Å²) in [6.45, 7) is 4.57. The Kier molecular flexibility index (Phi) is 7.79. The maximum Gasteiger partial charge on any atom is 0.330 e. The van der Waals surface area contributed by atoms with Crippen LogP contribution in [-0.2, 0) is 9.53 Å². The molecular weight excluding hydrogens is 224 g/mol. The first-order valence-electron chi connectivity index (χ1n) is 7.61. The average Bonchev–Trinajstić information content (AvgIpc) is 2.38. The van der Waals surface area contributed by atoms with Crippen LogP contribution in [0.25, 0.3) is 0 Å². The minimum absolute atomic E-state index is 0.192. The highest BCUT2D eigenvalue weighted by Gasteiger charge is 2.19. The van der Waals surface area contributed by atoms with Gasteiger partial charge in [0.05, 0.1) is 6.61 Å². The molecule has 1 fully saturated rings. The lowest BCUT2D eigenvalue weighted by molar-refractivity contribution is -0.137. The van der Waals surface area contributed by atoms with Gasteiger partial charge in [0.15, 0.2) is 0 Å². The van der Waals surface area contributed by atoms with Gasteiger partial charge in [0.25, 0.3) is 0 Å². The maximum atomic E-state index is 11.2. The molecule has 0 spiro atoms. The molecule has 104 valence electrons. The molecule has 1 saturated carbocycles. The summed E-state index contributed by atoms with van der Waals surface area (Å²) >= 11 is 0. The summed E-state index contributed by atoms with van der Waals surface area (Å²) in [5.41, 5.74) is 0. The van der Waals surface area contributed by atoms with E-state index in [2.05, 4.69) is 13.0 Å². The standard InChI is InChI=1S/C16H28O2/c1-3-5-6-7-14-8-10-15(11-9-14)12-13-16(17)18-4-2/h12-15H,3-11H2,1-2H3/b13-12+/t14-,15-. The summed E-state index contributed by atoms with van der Waals surface area (Å²) in [6.07, 6.45) is 14.3. The molecule has 0 aliphatic heterocycles. The molecule has 18 heavy (non-hydrogen) atoms. The first-order chi connectivity index (χ1) is 8.76. The van der Waals surface area contributed by atoms with Gasteiger partial charge in [0.1, 0.15) is 0 Å². The van der Waals surface area contributed by atoms with E-state index in [1.807, 2.05) is 6.92 Å². The maximum absolute atomic E-state index is 11.2. The molecule has 0 saturated heterocycles. The molecule has 0 aromatic rings. The number of unbranched alkanes of at least 4 members (excludes halogenated alkanes) is 2. The quantitative estimate of drug-likeness (QED) is 0.379. The molecule has 0 radical (unpaired) electrons. The predicted octanol–water partition coefficient (Wildman–Crippen LogP) is 4.49. The van der Waals surface area contributed by atoms with Crippen molar-refractivity contribution in [1.82, 2.24) is 0 Å². The highest BCUT2D eigenvalue weighted by atomic mass is 16.5. The summed E-state index contributed by atoms with van der Waals surface area (Å²) in [4.78, 5) is 11.2. The van der Waals surface area contributed by atoms with Crippen molar-refractivity contribution in [1.29, 1.82) is 0 Å². The Labute approximate surface area is 112 Å². The zero-order valence-corrected chi connectivity index (χ0v) is 12.0. The second kappa shape index (κ2) is 9.18. The van der Waals surface area contributed by atoms with Crippen LogP contribution in [0.3, 0.4) is 0 Å². The van der Waals surface area contributed by atoms with Crippen LogP contribution < -0.4 is 0 Å². The van der Waals surface area contributed by atoms with Crippen molar-refractivity contribution in [2.45, 2.75) is 65.2 Å². The summed E-state index contributed by atoms with van der Waals surface area (Å²) in [5.74, 6) is 1.34. The van der Waals surface area contributed by atoms with Crippen molar-refractivity contribution in [3.05, 3.63) is 12.2 Å². The number of rotatable bonds is 7. The van der Waals surface area contributed by atoms with E-state index < -0.39 is 0 Å². The molecule has 0 aromatic carbocycles. The molecule has 2 heteroatoms. The normalized spacial score (nSPS) is 24.3. The van der Waals surface area contributed by atoms with Crippen LogP contribution in [0.5, 0.6) is 0 Å². The van der Waals surface area contributed by atoms with Gasteiger partial charge >= 0.3 is 5.97 Å². The van der Waals surface area contributed by atoms with Crippen molar-refractivity contribution in [3.63, 3.8) is 0 Å². The lowest BCUT2D eigenvalue weighted by atomic mass is 9.79. The Balaban J connectivity index is 2.16. The lowest BCUT2D eigenvalue weighted by Gasteiger charge is -2.26. The van der Waals surface area contributed by atoms with E-state index >= 15 is 0 Å². The van der Waals surface area contributed by atoms with E-state index in [-0.39, 0.29) is 5.97 Å². The molecule has 0 heterocycles. The highest BCUT2D eigenvalue weighted by molar-refractivity contribution is 5.81. The van der Waals surface area contributed by atoms with Gasteiger partial charge in [-0.2, -0.15) is 0 Å². The topological polar surface area (TPSA) is 26.3 Å². The molecule has 2 nitrogen and oxygen atoms in total. The first kappa shape index (κ1) is 15.3. The van der Waals surface area contributed by atoms with Crippen LogP contribution in [0.4, 0.5) is 0 Å². The van der Waals surface area contributed by atoms with Gasteiger partial charge in [-0.3, -0.25) is 0 Å². The molecule has 0 unspecified atom stereocenters. The molecule has 0 atom stereocenters. The summed E-state index contributed by atoms with van der Waals surface area (Å²) in [5, 5.41) is 0. The number of hydrogen-bond acceptors (Lipinski definition) is 2. The van der Waals surface area contributed by atoms with Gasteiger partial charge in [-0.25, -0.2) is 4.79 Å². The third-order valence-corrected chi connectivity index (χ3v) is 3.90. The second-order valence-corrected chi connectivity index (χ2v) is 5.39. The van der Waals surface area contributed by atoms with Crippen molar-refractivity contribution in [2.75, 3.05) is 6.61 Å². The van der Waals surface area contributed by atoms with Crippen LogP contribution in [-0.4, -0.2) is 12.6 Å². The van der Waals surface area contributed by atoms with Crippen molar-refractivity contribution in [3.8, 4) is 0 Å². The van der Waals surface area contributed by atoms with Crippen LogP contribution >= 0.6 is 0 Å². The van der Waals surface area contributed by atoms with Crippen molar-refractivity contribution in [2.24, 2.45) is 11.8 Å². The summed E-state index contributed by atoms with van der Waals surface area (Å²) in [7, 11) is 0. The first-order valence-corrected chi connectivity index (χ1v) is 7.61. The summed E-state index contributed by atoms with van der Waals surface area (Å²) < 4.78 is 4.89. The van der Waals surface area contributed by atoms with E-state index in [0.717, 1.165) is 5.92 Å². The monoisotopic (exact) mass is 252 g/mol. The number of carbonyl (C=O) groups is 1. The number of ether oxygens (including phenoxy) is 1. The van der Waals surface area contributed by atoms with E-state index in [9.17, 15) is 4.79 Å². The summed E-state index contributed by atoms with van der Waals surface area (Å²) in [6, 6.07) is 0. The number of hydrogen-bond donors (Lipinski definition) is 0. The van der Waals surface area contributed by atoms with Gasteiger partial charge in [0.2, 0.25) is 0 Å². The molecule has 1 aliphatic carbocycles. The second-order valence-electron chi connectivity index (χ2n) is 5.39. The fourth-order valence-electron chi connectivity index (χ4n) is 2.76. The largest absolute Gasteiger partial charge is 0.463 e. The van der Waals surface area contributed by atoms with E-state index in [1.165, 1.54) is 51.4 Å². The smallest absolute Gasteiger partial charge is 0.330 e. The van der Waals surface area contributed by atoms with Crippen LogP contribution in [0.15, 0.2) is 12.2 Å². The number of carbonyl (C=O) groups excluding carboxylic acids is 1. The third kappa shape index (κ3) is 6.23. The minimum Gasteiger partial charge on any atom is -0.463 e. The Morgan fingerprint density at radius 1 is 1.17 bits per heavy atom. The molecule has 0 aromatic heterocycles. The minimum atomic E-state index is -0.192. The SMILES string of the molecule is CCCCC[C@H]1CC[C@H](/C=C/C(=O)OCC)CC1. The fourth-order valence-corrected chi connectivity index (χ4v) is 2.76. The van der Waals surface area contributed by atoms with Crippen LogP contribution in [0, 0.1) is 11.8 Å². The fraction of sp³-hybridized carbons (Fsp3) is 0.812. The van der Waals surface area contributed by atoms with Crippen molar-refractivity contribution < 1.29 is 9.53 Å². The Hall–Kier alpha value is -0.790. The Morgan fingerprint density at radius 2 is 1.89 bits per heavy atom. The third-order valence-electron chi connectivity index (χ3n) is 3.90. The van der Waals surface area contributed by atoms with Crippen LogP contribution in [0.2, 0.25) is 0 Å². The van der Waals surface area contributed by atoms with Crippen LogP contribution in [0.1, 0.15) is 65.2 Å². The number of allylic oxidation sites excluding steroid dienone is 1. The van der Waals surface area contributed by atoms with Gasteiger partial charge in [-0.1, -0.05) is 38.7 Å². The zero-order chi connectivity index (χ0) is 13.2. The zero-order valence-electron chi connectivity index (χ0n) is 12.0. The molecule has 0 amide bonds. The van der Waals surface area contributed by atoms with Gasteiger partial charge in [0, 0.05) is 6.08 Å². The lowest BCUT2D eigenvalue weighted by Crippen LogP contribution is -2.13. The van der Waals surface area contributed by atoms with Gasteiger partial charge in [-0.15, -0.1) is 0 Å². The Bertz CT molecular complexity index is 250. The van der Waals surface area contributed by atoms with Gasteiger partial charge < -0.3 is 4.74 Å². The van der Waals surface area contributed by atoms with E-state index in [0.29, 0.717) is 12.5 Å². The van der Waals surface area contributed by atoms with Crippen molar-refractivity contribution >= 4 is 5.97 Å². The van der Waals surface area contributed by atoms with E-state index in [1.54, 1.807) is 6.08 Å². The average molecular weight is 252 g/mol. The molecular formula is C16H28O2. The molecule has 0 N–H and O–H groups in total. The number of esters is 1. The van der Waals surface area contributed by atoms with Gasteiger partial charge in [-0.05, 0) is 44.4 Å². The molecule has 1 rings (SSSR count). The predicted molar refractivity (Wildman–Crippen MR) is 75.4 cm³/mol. The molecule has 0 bridgehead atoms. The highest BCUT2D eigenvalue weighted by Crippen LogP contribution is 2.32. The Morgan fingerprint density at radius 3 is 2.50 bits per heavy atom.